The molecule has 0 unspecified atom stereocenters. The second kappa shape index (κ2) is 5.84. The summed E-state index contributed by atoms with van der Waals surface area (Å²) in [5.41, 5.74) is 0. The summed E-state index contributed by atoms with van der Waals surface area (Å²) in [5, 5.41) is 0.489. The quantitative estimate of drug-likeness (QED) is 0.845. The molecule has 1 N–H and O–H groups in total. The molecule has 6 heteroatoms. The maximum absolute atomic E-state index is 11.8. The Kier molecular flexibility index (Phi) is 5.05. The van der Waals surface area contributed by atoms with Gasteiger partial charge in [0, 0.05) is 17.3 Å². The predicted molar refractivity (Wildman–Crippen MR) is 65.1 cm³/mol. The SMILES string of the molecule is O=S(=O)(N[C@@H](CCl)CBr)c1ccccc1. The standard InChI is InChI=1S/C9H11BrClNO2S/c10-6-8(7-11)12-15(13,14)9-4-2-1-3-5-9/h1-5,8,12H,6-7H2/t8-/m1/s1. The number of nitrogens with one attached hydrogen (secondary N) is 1. The van der Waals surface area contributed by atoms with Crippen LogP contribution in [0.4, 0.5) is 0 Å². The summed E-state index contributed by atoms with van der Waals surface area (Å²) in [6.07, 6.45) is 0. The van der Waals surface area contributed by atoms with E-state index in [-0.39, 0.29) is 16.8 Å². The van der Waals surface area contributed by atoms with Crippen LogP contribution in [0, 0.1) is 0 Å². The largest absolute Gasteiger partial charge is 0.240 e. The van der Waals surface area contributed by atoms with Gasteiger partial charge in [-0.1, -0.05) is 34.1 Å². The molecule has 0 heterocycles. The van der Waals surface area contributed by atoms with Crippen molar-refractivity contribution >= 4 is 37.6 Å². The molecule has 0 saturated heterocycles. The first-order valence-corrected chi connectivity index (χ1v) is 7.43. The number of sulfonamides is 1. The molecule has 0 aliphatic carbocycles. The van der Waals surface area contributed by atoms with Crippen LogP contribution in [-0.2, 0) is 10.0 Å². The van der Waals surface area contributed by atoms with E-state index in [1.807, 2.05) is 0 Å². The van der Waals surface area contributed by atoms with Crippen LogP contribution in [0.3, 0.4) is 0 Å². The number of alkyl halides is 2. The molecule has 1 aromatic carbocycles. The van der Waals surface area contributed by atoms with Crippen LogP contribution in [0.5, 0.6) is 0 Å². The van der Waals surface area contributed by atoms with Gasteiger partial charge in [-0.25, -0.2) is 13.1 Å². The molecule has 1 rings (SSSR count). The second-order valence-electron chi connectivity index (χ2n) is 2.94. The lowest BCUT2D eigenvalue weighted by atomic mass is 10.4. The molecule has 0 radical (unpaired) electrons. The molecule has 0 aromatic heterocycles. The molecular formula is C9H11BrClNO2S. The van der Waals surface area contributed by atoms with E-state index in [1.54, 1.807) is 30.3 Å². The summed E-state index contributed by atoms with van der Waals surface area (Å²) in [4.78, 5) is 0.251. The van der Waals surface area contributed by atoms with Crippen molar-refractivity contribution in [2.24, 2.45) is 0 Å². The first kappa shape index (κ1) is 13.0. The van der Waals surface area contributed by atoms with Gasteiger partial charge in [-0.15, -0.1) is 11.6 Å². The fourth-order valence-corrected chi connectivity index (χ4v) is 3.39. The van der Waals surface area contributed by atoms with Crippen molar-refractivity contribution in [3.63, 3.8) is 0 Å². The van der Waals surface area contributed by atoms with Crippen molar-refractivity contribution in [3.05, 3.63) is 30.3 Å². The zero-order chi connectivity index (χ0) is 11.3. The van der Waals surface area contributed by atoms with Crippen LogP contribution in [0.15, 0.2) is 35.2 Å². The van der Waals surface area contributed by atoms with Gasteiger partial charge >= 0.3 is 0 Å². The van der Waals surface area contributed by atoms with Crippen LogP contribution in [0.1, 0.15) is 0 Å². The monoisotopic (exact) mass is 311 g/mol. The smallest absolute Gasteiger partial charge is 0.207 e. The Morgan fingerprint density at radius 3 is 2.40 bits per heavy atom. The lowest BCUT2D eigenvalue weighted by molar-refractivity contribution is 0.572. The normalized spacial score (nSPS) is 13.7. The highest BCUT2D eigenvalue weighted by Crippen LogP contribution is 2.09. The molecule has 0 fully saturated rings. The van der Waals surface area contributed by atoms with Crippen LogP contribution < -0.4 is 4.72 Å². The van der Waals surface area contributed by atoms with Crippen LogP contribution in [0.25, 0.3) is 0 Å². The Bertz CT molecular complexity index is 392. The molecule has 1 atom stereocenters. The minimum atomic E-state index is -3.45. The third-order valence-corrected chi connectivity index (χ3v) is 4.44. The molecular weight excluding hydrogens is 302 g/mol. The summed E-state index contributed by atoms with van der Waals surface area (Å²) in [7, 11) is -3.45. The van der Waals surface area contributed by atoms with Crippen molar-refractivity contribution < 1.29 is 8.42 Å². The molecule has 0 spiro atoms. The van der Waals surface area contributed by atoms with E-state index in [4.69, 9.17) is 11.6 Å². The average molecular weight is 313 g/mol. The minimum Gasteiger partial charge on any atom is -0.207 e. The van der Waals surface area contributed by atoms with Gasteiger partial charge < -0.3 is 0 Å². The summed E-state index contributed by atoms with van der Waals surface area (Å²) in [5.74, 6) is 0.233. The number of halogens is 2. The molecule has 3 nitrogen and oxygen atoms in total. The molecule has 0 saturated carbocycles. The van der Waals surface area contributed by atoms with Gasteiger partial charge in [0.2, 0.25) is 10.0 Å². The van der Waals surface area contributed by atoms with E-state index in [1.165, 1.54) is 0 Å². The molecule has 0 aliphatic rings. The van der Waals surface area contributed by atoms with Crippen molar-refractivity contribution in [1.29, 1.82) is 0 Å². The van der Waals surface area contributed by atoms with E-state index in [0.717, 1.165) is 0 Å². The van der Waals surface area contributed by atoms with Gasteiger partial charge in [-0.3, -0.25) is 0 Å². The highest BCUT2D eigenvalue weighted by atomic mass is 79.9. The topological polar surface area (TPSA) is 46.2 Å². The van der Waals surface area contributed by atoms with E-state index >= 15 is 0 Å². The molecule has 84 valence electrons. The Morgan fingerprint density at radius 2 is 1.93 bits per heavy atom. The predicted octanol–water partition coefficient (Wildman–Crippen LogP) is 1.97. The van der Waals surface area contributed by atoms with Crippen molar-refractivity contribution in [2.75, 3.05) is 11.2 Å². The van der Waals surface area contributed by atoms with Gasteiger partial charge in [-0.05, 0) is 12.1 Å². The molecule has 0 aliphatic heterocycles. The van der Waals surface area contributed by atoms with E-state index < -0.39 is 10.0 Å². The Labute approximate surface area is 103 Å². The first-order chi connectivity index (χ1) is 7.10. The van der Waals surface area contributed by atoms with Crippen molar-refractivity contribution in [1.82, 2.24) is 4.72 Å². The summed E-state index contributed by atoms with van der Waals surface area (Å²) in [6, 6.07) is 7.92. The summed E-state index contributed by atoms with van der Waals surface area (Å²) >= 11 is 8.79. The average Bonchev–Trinajstić information content (AvgIpc) is 2.27. The van der Waals surface area contributed by atoms with E-state index in [0.29, 0.717) is 5.33 Å². The Balaban J connectivity index is 2.85. The third-order valence-electron chi connectivity index (χ3n) is 1.75. The molecule has 1 aromatic rings. The molecule has 0 amide bonds. The Hall–Kier alpha value is -0.100. The van der Waals surface area contributed by atoms with Gasteiger partial charge in [0.05, 0.1) is 4.90 Å². The van der Waals surface area contributed by atoms with E-state index in [2.05, 4.69) is 20.7 Å². The van der Waals surface area contributed by atoms with Crippen LogP contribution >= 0.6 is 27.5 Å². The van der Waals surface area contributed by atoms with Crippen molar-refractivity contribution in [3.8, 4) is 0 Å². The zero-order valence-corrected chi connectivity index (χ0v) is 11.0. The lowest BCUT2D eigenvalue weighted by Gasteiger charge is -2.13. The maximum atomic E-state index is 11.8. The molecule has 15 heavy (non-hydrogen) atoms. The van der Waals surface area contributed by atoms with Crippen LogP contribution in [0.2, 0.25) is 0 Å². The maximum Gasteiger partial charge on any atom is 0.240 e. The summed E-state index contributed by atoms with van der Waals surface area (Å²) in [6.45, 7) is 0. The van der Waals surface area contributed by atoms with Gasteiger partial charge in [-0.2, -0.15) is 0 Å². The fourth-order valence-electron chi connectivity index (χ4n) is 0.991. The van der Waals surface area contributed by atoms with Crippen molar-refractivity contribution in [2.45, 2.75) is 10.9 Å². The molecule has 0 bridgehead atoms. The third kappa shape index (κ3) is 3.75. The van der Waals surface area contributed by atoms with Crippen LogP contribution in [-0.4, -0.2) is 25.7 Å². The highest BCUT2D eigenvalue weighted by molar-refractivity contribution is 9.09. The number of rotatable bonds is 5. The Morgan fingerprint density at radius 1 is 1.33 bits per heavy atom. The number of hydrogen-bond donors (Lipinski definition) is 1. The zero-order valence-electron chi connectivity index (χ0n) is 7.86. The lowest BCUT2D eigenvalue weighted by Crippen LogP contribution is -2.37. The van der Waals surface area contributed by atoms with E-state index in [9.17, 15) is 8.42 Å². The highest BCUT2D eigenvalue weighted by Gasteiger charge is 2.17. The second-order valence-corrected chi connectivity index (χ2v) is 5.61. The number of benzene rings is 1. The number of hydrogen-bond acceptors (Lipinski definition) is 2. The minimum absolute atomic E-state index is 0.233. The fraction of sp³-hybridized carbons (Fsp3) is 0.333. The van der Waals surface area contributed by atoms with Gasteiger partial charge in [0.1, 0.15) is 0 Å². The first-order valence-electron chi connectivity index (χ1n) is 4.29. The van der Waals surface area contributed by atoms with Gasteiger partial charge in [0.25, 0.3) is 0 Å². The van der Waals surface area contributed by atoms with Gasteiger partial charge in [0.15, 0.2) is 0 Å². The summed E-state index contributed by atoms with van der Waals surface area (Å²) < 4.78 is 26.0.